The van der Waals surface area contributed by atoms with Crippen molar-refractivity contribution in [1.82, 2.24) is 5.32 Å². The predicted octanol–water partition coefficient (Wildman–Crippen LogP) is 0.930. The molecule has 130 valence electrons. The molecule has 1 saturated carbocycles. The van der Waals surface area contributed by atoms with Crippen LogP contribution in [0.4, 0.5) is 0 Å². The third kappa shape index (κ3) is 2.22. The number of imide groups is 1. The number of methoxy groups -OCH3 is 1. The summed E-state index contributed by atoms with van der Waals surface area (Å²) in [6, 6.07) is 7.34. The van der Waals surface area contributed by atoms with Crippen molar-refractivity contribution >= 4 is 17.8 Å². The van der Waals surface area contributed by atoms with Gasteiger partial charge in [0.25, 0.3) is 0 Å². The summed E-state index contributed by atoms with van der Waals surface area (Å²) in [5.41, 5.74) is -0.146. The molecule has 0 unspecified atom stereocenters. The third-order valence-corrected chi connectivity index (χ3v) is 5.24. The zero-order valence-corrected chi connectivity index (χ0v) is 13.8. The topological polar surface area (TPSA) is 90.9 Å². The van der Waals surface area contributed by atoms with Crippen molar-refractivity contribution in [3.8, 4) is 5.75 Å². The van der Waals surface area contributed by atoms with Gasteiger partial charge in [-0.05, 0) is 24.6 Å². The van der Waals surface area contributed by atoms with Gasteiger partial charge in [0.15, 0.2) is 0 Å². The molecule has 2 fully saturated rings. The Morgan fingerprint density at radius 3 is 2.52 bits per heavy atom. The van der Waals surface area contributed by atoms with E-state index >= 15 is 0 Å². The molecule has 0 spiro atoms. The van der Waals surface area contributed by atoms with Crippen LogP contribution in [0.25, 0.3) is 0 Å². The number of rotatable bonds is 4. The second kappa shape index (κ2) is 5.34. The fraction of sp³-hybridized carbons (Fsp3) is 0.389. The van der Waals surface area contributed by atoms with E-state index in [9.17, 15) is 14.4 Å². The van der Waals surface area contributed by atoms with E-state index < -0.39 is 35.2 Å². The largest absolute Gasteiger partial charge is 0.497 e. The Hall–Kier alpha value is -2.83. The molecule has 7 nitrogen and oxygen atoms in total. The van der Waals surface area contributed by atoms with Gasteiger partial charge in [-0.25, -0.2) is 4.79 Å². The van der Waals surface area contributed by atoms with Crippen LogP contribution in [0.1, 0.15) is 12.5 Å². The molecule has 1 aromatic carbocycles. The van der Waals surface area contributed by atoms with Crippen molar-refractivity contribution < 1.29 is 28.6 Å². The molecule has 1 saturated heterocycles. The van der Waals surface area contributed by atoms with E-state index in [1.807, 2.05) is 24.3 Å². The number of carbonyl (C=O) groups excluding carboxylic acids is 3. The third-order valence-electron chi connectivity index (χ3n) is 5.24. The molecule has 2 aliphatic heterocycles. The van der Waals surface area contributed by atoms with Crippen LogP contribution in [0.15, 0.2) is 36.1 Å². The molecule has 1 aliphatic carbocycles. The minimum atomic E-state index is -1.04. The van der Waals surface area contributed by atoms with Crippen molar-refractivity contribution in [3.63, 3.8) is 0 Å². The maximum Gasteiger partial charge on any atom is 0.334 e. The summed E-state index contributed by atoms with van der Waals surface area (Å²) in [6.07, 6.45) is 1.27. The highest BCUT2D eigenvalue weighted by Gasteiger charge is 2.73. The van der Waals surface area contributed by atoms with Gasteiger partial charge in [-0.1, -0.05) is 12.1 Å². The molecule has 7 heteroatoms. The molecule has 2 heterocycles. The highest BCUT2D eigenvalue weighted by molar-refractivity contribution is 6.08. The van der Waals surface area contributed by atoms with Crippen LogP contribution < -0.4 is 10.1 Å². The predicted molar refractivity (Wildman–Crippen MR) is 84.0 cm³/mol. The van der Waals surface area contributed by atoms with E-state index in [2.05, 4.69) is 5.32 Å². The second-order valence-electron chi connectivity index (χ2n) is 6.62. The van der Waals surface area contributed by atoms with E-state index in [-0.39, 0.29) is 12.5 Å². The van der Waals surface area contributed by atoms with Gasteiger partial charge in [0.05, 0.1) is 30.9 Å². The molecule has 25 heavy (non-hydrogen) atoms. The summed E-state index contributed by atoms with van der Waals surface area (Å²) in [7, 11) is 1.59. The number of nitrogens with one attached hydrogen (secondary N) is 1. The van der Waals surface area contributed by atoms with E-state index in [0.29, 0.717) is 5.76 Å². The summed E-state index contributed by atoms with van der Waals surface area (Å²) in [4.78, 5) is 35.9. The van der Waals surface area contributed by atoms with Gasteiger partial charge in [0.2, 0.25) is 11.8 Å². The van der Waals surface area contributed by atoms with Gasteiger partial charge >= 0.3 is 5.97 Å². The van der Waals surface area contributed by atoms with Crippen LogP contribution in [0.5, 0.6) is 5.75 Å². The van der Waals surface area contributed by atoms with Crippen LogP contribution >= 0.6 is 0 Å². The first-order chi connectivity index (χ1) is 11.9. The van der Waals surface area contributed by atoms with Gasteiger partial charge in [-0.2, -0.15) is 0 Å². The maximum atomic E-state index is 12.0. The monoisotopic (exact) mass is 343 g/mol. The molecular weight excluding hydrogens is 326 g/mol. The lowest BCUT2D eigenvalue weighted by molar-refractivity contribution is -0.212. The van der Waals surface area contributed by atoms with Crippen LogP contribution in [0, 0.1) is 17.8 Å². The first-order valence-corrected chi connectivity index (χ1v) is 7.99. The highest BCUT2D eigenvalue weighted by atomic mass is 16.6. The number of hydrogen-bond acceptors (Lipinski definition) is 6. The molecule has 0 radical (unpaired) electrons. The van der Waals surface area contributed by atoms with Crippen LogP contribution in [0.3, 0.4) is 0 Å². The number of esters is 1. The lowest BCUT2D eigenvalue weighted by Crippen LogP contribution is -2.66. The molecule has 1 aromatic rings. The summed E-state index contributed by atoms with van der Waals surface area (Å²) in [6.45, 7) is 1.92. The summed E-state index contributed by atoms with van der Waals surface area (Å²) in [5, 5.41) is 2.32. The summed E-state index contributed by atoms with van der Waals surface area (Å²) >= 11 is 0. The van der Waals surface area contributed by atoms with Crippen LogP contribution in [-0.2, 0) is 30.5 Å². The molecule has 4 rings (SSSR count). The first-order valence-electron chi connectivity index (χ1n) is 7.99. The standard InChI is InChI=1S/C18H17NO6/c1-18-14(13-15(18)17(22)19-16(13)21)11(7-12(20)25-18)24-8-9-3-5-10(23-2)6-4-9/h3-7,13-15H,8H2,1-2H3,(H,19,21,22)/t13-,14+,15+,18+/m0/s1. The van der Waals surface area contributed by atoms with E-state index in [4.69, 9.17) is 14.2 Å². The number of amides is 2. The van der Waals surface area contributed by atoms with Crippen molar-refractivity contribution in [2.24, 2.45) is 17.8 Å². The van der Waals surface area contributed by atoms with Gasteiger partial charge in [0, 0.05) is 0 Å². The average molecular weight is 343 g/mol. The average Bonchev–Trinajstić information content (AvgIpc) is 2.83. The van der Waals surface area contributed by atoms with Crippen LogP contribution in [-0.4, -0.2) is 30.5 Å². The fourth-order valence-corrected chi connectivity index (χ4v) is 4.05. The smallest absolute Gasteiger partial charge is 0.334 e. The fourth-order valence-electron chi connectivity index (χ4n) is 4.05. The Morgan fingerprint density at radius 2 is 1.84 bits per heavy atom. The molecule has 4 atom stereocenters. The number of carbonyl (C=O) groups is 3. The Balaban J connectivity index is 1.55. The minimum absolute atomic E-state index is 0.239. The lowest BCUT2D eigenvalue weighted by atomic mass is 9.53. The number of hydrogen-bond donors (Lipinski definition) is 1. The molecule has 2 amide bonds. The van der Waals surface area contributed by atoms with Gasteiger partial charge in [-0.15, -0.1) is 0 Å². The molecule has 1 N–H and O–H groups in total. The van der Waals surface area contributed by atoms with Crippen molar-refractivity contribution in [2.75, 3.05) is 7.11 Å². The zero-order chi connectivity index (χ0) is 17.8. The normalized spacial score (nSPS) is 32.6. The molecular formula is C18H17NO6. The Morgan fingerprint density at radius 1 is 1.12 bits per heavy atom. The molecule has 0 aromatic heterocycles. The van der Waals surface area contributed by atoms with Gasteiger partial charge < -0.3 is 14.2 Å². The zero-order valence-electron chi connectivity index (χ0n) is 13.8. The highest BCUT2D eigenvalue weighted by Crippen LogP contribution is 2.58. The number of benzene rings is 1. The van der Waals surface area contributed by atoms with Gasteiger partial charge in [-0.3, -0.25) is 14.9 Å². The molecule has 3 aliphatic rings. The Bertz CT molecular complexity index is 798. The van der Waals surface area contributed by atoms with Crippen LogP contribution in [0.2, 0.25) is 0 Å². The van der Waals surface area contributed by atoms with Crippen molar-refractivity contribution in [2.45, 2.75) is 19.1 Å². The van der Waals surface area contributed by atoms with Crippen molar-refractivity contribution in [3.05, 3.63) is 41.7 Å². The number of ether oxygens (including phenoxy) is 3. The van der Waals surface area contributed by atoms with Crippen molar-refractivity contribution in [1.29, 1.82) is 0 Å². The second-order valence-corrected chi connectivity index (χ2v) is 6.62. The SMILES string of the molecule is COc1ccc(COC2=CC(=O)O[C@]3(C)[C@H]2[C@@H]2C(=O)NC(=O)[C@@H]23)cc1. The van der Waals surface area contributed by atoms with E-state index in [1.54, 1.807) is 14.0 Å². The first kappa shape index (κ1) is 15.7. The number of fused-ring (bicyclic) bond motifs is 4. The molecule has 0 bridgehead atoms. The maximum absolute atomic E-state index is 12.0. The van der Waals surface area contributed by atoms with Gasteiger partial charge in [0.1, 0.15) is 23.7 Å². The summed E-state index contributed by atoms with van der Waals surface area (Å²) in [5.74, 6) is -1.81. The summed E-state index contributed by atoms with van der Waals surface area (Å²) < 4.78 is 16.3. The quantitative estimate of drug-likeness (QED) is 0.646. The Labute approximate surface area is 143 Å². The Kier molecular flexibility index (Phi) is 3.35. The van der Waals surface area contributed by atoms with E-state index in [1.165, 1.54) is 6.08 Å². The van der Waals surface area contributed by atoms with E-state index in [0.717, 1.165) is 11.3 Å². The lowest BCUT2D eigenvalue weighted by Gasteiger charge is -2.54. The minimum Gasteiger partial charge on any atom is -0.497 e.